The summed E-state index contributed by atoms with van der Waals surface area (Å²) in [6.07, 6.45) is 4.30. The molecule has 0 aliphatic heterocycles. The third-order valence-electron chi connectivity index (χ3n) is 3.18. The van der Waals surface area contributed by atoms with E-state index in [9.17, 15) is 9.59 Å². The molecule has 0 unspecified atom stereocenters. The number of hydrogen-bond acceptors (Lipinski definition) is 3. The zero-order valence-electron chi connectivity index (χ0n) is 13.3. The summed E-state index contributed by atoms with van der Waals surface area (Å²) in [7, 11) is 1.83. The molecule has 0 bridgehead atoms. The molecule has 7 nitrogen and oxygen atoms in total. The van der Waals surface area contributed by atoms with Gasteiger partial charge in [0.15, 0.2) is 0 Å². The van der Waals surface area contributed by atoms with Gasteiger partial charge in [-0.15, -0.1) is 0 Å². The van der Waals surface area contributed by atoms with Crippen LogP contribution in [0.25, 0.3) is 0 Å². The van der Waals surface area contributed by atoms with Gasteiger partial charge in [0.1, 0.15) is 0 Å². The molecular formula is C16H21N5O2. The Labute approximate surface area is 135 Å². The normalized spacial score (nSPS) is 10.2. The minimum Gasteiger partial charge on any atom is -0.338 e. The summed E-state index contributed by atoms with van der Waals surface area (Å²) in [5.74, 6) is -0.0929. The van der Waals surface area contributed by atoms with Gasteiger partial charge in [-0.25, -0.2) is 4.79 Å². The Morgan fingerprint density at radius 3 is 2.48 bits per heavy atom. The Morgan fingerprint density at radius 1 is 1.13 bits per heavy atom. The van der Waals surface area contributed by atoms with E-state index in [2.05, 4.69) is 21.0 Å². The van der Waals surface area contributed by atoms with Crippen LogP contribution in [0.3, 0.4) is 0 Å². The van der Waals surface area contributed by atoms with Gasteiger partial charge in [-0.3, -0.25) is 9.48 Å². The summed E-state index contributed by atoms with van der Waals surface area (Å²) >= 11 is 0. The van der Waals surface area contributed by atoms with E-state index in [0.717, 1.165) is 23.2 Å². The highest BCUT2D eigenvalue weighted by atomic mass is 16.2. The van der Waals surface area contributed by atoms with Gasteiger partial charge in [-0.1, -0.05) is 12.1 Å². The summed E-state index contributed by atoms with van der Waals surface area (Å²) in [5, 5.41) is 12.3. The predicted molar refractivity (Wildman–Crippen MR) is 87.9 cm³/mol. The van der Waals surface area contributed by atoms with Crippen LogP contribution in [-0.4, -0.2) is 28.3 Å². The van der Waals surface area contributed by atoms with Crippen molar-refractivity contribution in [3.05, 3.63) is 47.8 Å². The molecule has 7 heteroatoms. The van der Waals surface area contributed by atoms with E-state index in [0.29, 0.717) is 13.1 Å². The Bertz CT molecular complexity index is 663. The summed E-state index contributed by atoms with van der Waals surface area (Å²) in [5.41, 5.74) is 2.81. The van der Waals surface area contributed by atoms with Crippen LogP contribution in [0.15, 0.2) is 36.7 Å². The first kappa shape index (κ1) is 16.5. The molecule has 1 aromatic heterocycles. The van der Waals surface area contributed by atoms with E-state index in [1.807, 2.05) is 37.5 Å². The number of urea groups is 1. The Kier molecular flexibility index (Phi) is 5.74. The number of hydrogen-bond donors (Lipinski definition) is 3. The maximum Gasteiger partial charge on any atom is 0.315 e. The van der Waals surface area contributed by atoms with Crippen molar-refractivity contribution in [2.45, 2.75) is 19.9 Å². The second-order valence-corrected chi connectivity index (χ2v) is 5.26. The second kappa shape index (κ2) is 7.98. The molecule has 23 heavy (non-hydrogen) atoms. The predicted octanol–water partition coefficient (Wildman–Crippen LogP) is 1.42. The number of carbonyl (C=O) groups excluding carboxylic acids is 2. The Balaban J connectivity index is 1.67. The lowest BCUT2D eigenvalue weighted by Crippen LogP contribution is -2.36. The van der Waals surface area contributed by atoms with Crippen LogP contribution in [0.1, 0.15) is 18.1 Å². The number of carbonyl (C=O) groups is 2. The highest BCUT2D eigenvalue weighted by Gasteiger charge is 2.02. The number of amides is 3. The first-order valence-corrected chi connectivity index (χ1v) is 7.38. The number of nitrogens with one attached hydrogen (secondary N) is 3. The molecule has 0 aliphatic rings. The van der Waals surface area contributed by atoms with Gasteiger partial charge in [0.2, 0.25) is 5.91 Å². The van der Waals surface area contributed by atoms with Crippen molar-refractivity contribution in [2.75, 3.05) is 11.9 Å². The van der Waals surface area contributed by atoms with Gasteiger partial charge >= 0.3 is 6.03 Å². The fourth-order valence-corrected chi connectivity index (χ4v) is 2.09. The second-order valence-electron chi connectivity index (χ2n) is 5.26. The maximum absolute atomic E-state index is 11.7. The minimum absolute atomic E-state index is 0.0929. The molecular weight excluding hydrogens is 294 g/mol. The Morgan fingerprint density at radius 2 is 1.87 bits per heavy atom. The van der Waals surface area contributed by atoms with Crippen LogP contribution < -0.4 is 16.0 Å². The molecule has 1 aromatic carbocycles. The zero-order chi connectivity index (χ0) is 16.7. The van der Waals surface area contributed by atoms with Crippen molar-refractivity contribution >= 4 is 17.6 Å². The van der Waals surface area contributed by atoms with Crippen LogP contribution in [0, 0.1) is 0 Å². The molecule has 0 aliphatic carbocycles. The average molecular weight is 315 g/mol. The molecule has 0 saturated heterocycles. The number of nitrogens with zero attached hydrogens (tertiary/aromatic N) is 2. The summed E-state index contributed by atoms with van der Waals surface area (Å²) in [4.78, 5) is 22.6. The monoisotopic (exact) mass is 315 g/mol. The topological polar surface area (TPSA) is 88.1 Å². The number of aromatic nitrogens is 2. The molecule has 0 radical (unpaired) electrons. The standard InChI is InChI=1S/C16H21N5O2/c1-12(22)20-15-5-3-13(4-6-15)7-8-17-16(23)18-9-14-10-19-21(2)11-14/h3-6,10-11H,7-9H2,1-2H3,(H,20,22)(H2,17,18,23). The largest absolute Gasteiger partial charge is 0.338 e. The van der Waals surface area contributed by atoms with E-state index >= 15 is 0 Å². The molecule has 0 fully saturated rings. The lowest BCUT2D eigenvalue weighted by atomic mass is 10.1. The van der Waals surface area contributed by atoms with Gasteiger partial charge in [-0.2, -0.15) is 5.10 Å². The SMILES string of the molecule is CC(=O)Nc1ccc(CCNC(=O)NCc2cnn(C)c2)cc1. The molecule has 2 rings (SSSR count). The van der Waals surface area contributed by atoms with Gasteiger partial charge < -0.3 is 16.0 Å². The number of rotatable bonds is 6. The van der Waals surface area contributed by atoms with Crippen molar-refractivity contribution in [3.8, 4) is 0 Å². The molecule has 3 amide bonds. The Hall–Kier alpha value is -2.83. The molecule has 0 saturated carbocycles. The fraction of sp³-hybridized carbons (Fsp3) is 0.312. The van der Waals surface area contributed by atoms with E-state index in [1.165, 1.54) is 6.92 Å². The van der Waals surface area contributed by atoms with Crippen molar-refractivity contribution in [1.82, 2.24) is 20.4 Å². The van der Waals surface area contributed by atoms with Gasteiger partial charge in [0, 0.05) is 44.5 Å². The van der Waals surface area contributed by atoms with Gasteiger partial charge in [0.05, 0.1) is 6.20 Å². The van der Waals surface area contributed by atoms with E-state index in [4.69, 9.17) is 0 Å². The third kappa shape index (κ3) is 5.82. The third-order valence-corrected chi connectivity index (χ3v) is 3.18. The van der Waals surface area contributed by atoms with Crippen molar-refractivity contribution < 1.29 is 9.59 Å². The first-order valence-electron chi connectivity index (χ1n) is 7.38. The number of benzene rings is 1. The number of aryl methyl sites for hydroxylation is 1. The lowest BCUT2D eigenvalue weighted by Gasteiger charge is -2.07. The fourth-order valence-electron chi connectivity index (χ4n) is 2.09. The quantitative estimate of drug-likeness (QED) is 0.753. The molecule has 3 N–H and O–H groups in total. The van der Waals surface area contributed by atoms with Gasteiger partial charge in [0.25, 0.3) is 0 Å². The molecule has 122 valence electrons. The smallest absolute Gasteiger partial charge is 0.315 e. The summed E-state index contributed by atoms with van der Waals surface area (Å²) in [6.45, 7) is 2.46. The van der Waals surface area contributed by atoms with Crippen LogP contribution in [0.5, 0.6) is 0 Å². The van der Waals surface area contributed by atoms with Crippen molar-refractivity contribution in [1.29, 1.82) is 0 Å². The first-order chi connectivity index (χ1) is 11.0. The van der Waals surface area contributed by atoms with E-state index in [1.54, 1.807) is 10.9 Å². The average Bonchev–Trinajstić information content (AvgIpc) is 2.92. The van der Waals surface area contributed by atoms with E-state index in [-0.39, 0.29) is 11.9 Å². The lowest BCUT2D eigenvalue weighted by molar-refractivity contribution is -0.114. The highest BCUT2D eigenvalue weighted by Crippen LogP contribution is 2.09. The molecule has 2 aromatic rings. The summed E-state index contributed by atoms with van der Waals surface area (Å²) < 4.78 is 1.69. The van der Waals surface area contributed by atoms with Crippen molar-refractivity contribution in [2.24, 2.45) is 7.05 Å². The molecule has 0 spiro atoms. The van der Waals surface area contributed by atoms with E-state index < -0.39 is 0 Å². The van der Waals surface area contributed by atoms with Crippen LogP contribution in [0.4, 0.5) is 10.5 Å². The molecule has 1 heterocycles. The van der Waals surface area contributed by atoms with Crippen LogP contribution in [-0.2, 0) is 24.8 Å². The van der Waals surface area contributed by atoms with Crippen LogP contribution >= 0.6 is 0 Å². The zero-order valence-corrected chi connectivity index (χ0v) is 13.3. The summed E-state index contributed by atoms with van der Waals surface area (Å²) in [6, 6.07) is 7.35. The van der Waals surface area contributed by atoms with Gasteiger partial charge in [-0.05, 0) is 24.1 Å². The highest BCUT2D eigenvalue weighted by molar-refractivity contribution is 5.88. The van der Waals surface area contributed by atoms with Crippen LogP contribution in [0.2, 0.25) is 0 Å². The maximum atomic E-state index is 11.7. The molecule has 0 atom stereocenters. The van der Waals surface area contributed by atoms with Crippen molar-refractivity contribution in [3.63, 3.8) is 0 Å². The number of anilines is 1. The minimum atomic E-state index is -0.205.